The molecule has 0 saturated carbocycles. The summed E-state index contributed by atoms with van der Waals surface area (Å²) >= 11 is 0. The summed E-state index contributed by atoms with van der Waals surface area (Å²) < 4.78 is 10.7. The van der Waals surface area contributed by atoms with Gasteiger partial charge in [0.1, 0.15) is 5.75 Å². The van der Waals surface area contributed by atoms with Crippen molar-refractivity contribution < 1.29 is 14.3 Å². The molecular weight excluding hydrogens is 232 g/mol. The van der Waals surface area contributed by atoms with E-state index in [0.29, 0.717) is 24.0 Å². The minimum Gasteiger partial charge on any atom is -0.484 e. The van der Waals surface area contributed by atoms with Crippen molar-refractivity contribution >= 4 is 0 Å². The number of hydrogen-bond acceptors (Lipinski definition) is 5. The lowest BCUT2D eigenvalue weighted by Crippen LogP contribution is -1.97. The van der Waals surface area contributed by atoms with Crippen LogP contribution in [-0.2, 0) is 6.61 Å². The molecule has 0 aliphatic heterocycles. The quantitative estimate of drug-likeness (QED) is 0.879. The van der Waals surface area contributed by atoms with E-state index in [4.69, 9.17) is 9.15 Å². The molecule has 1 aromatic heterocycles. The van der Waals surface area contributed by atoms with E-state index >= 15 is 0 Å². The van der Waals surface area contributed by atoms with E-state index in [1.165, 1.54) is 0 Å². The lowest BCUT2D eigenvalue weighted by atomic mass is 10.1. The number of rotatable bonds is 5. The van der Waals surface area contributed by atoms with Crippen LogP contribution in [0.15, 0.2) is 28.7 Å². The van der Waals surface area contributed by atoms with Crippen molar-refractivity contribution in [3.8, 4) is 5.75 Å². The van der Waals surface area contributed by atoms with Crippen LogP contribution in [0.1, 0.15) is 36.8 Å². The number of aryl methyl sites for hydroxylation is 1. The zero-order chi connectivity index (χ0) is 13.0. The Morgan fingerprint density at radius 1 is 1.28 bits per heavy atom. The number of ether oxygens (including phenoxy) is 1. The van der Waals surface area contributed by atoms with Crippen LogP contribution in [-0.4, -0.2) is 15.3 Å². The molecule has 5 nitrogen and oxygen atoms in total. The van der Waals surface area contributed by atoms with E-state index in [0.717, 1.165) is 5.56 Å². The topological polar surface area (TPSA) is 68.4 Å². The fourth-order valence-corrected chi connectivity index (χ4v) is 1.56. The van der Waals surface area contributed by atoms with Crippen LogP contribution in [0.4, 0.5) is 0 Å². The SMILES string of the molecule is CC[C@H](O)c1ccc(OCc2nnc(C)o2)cc1. The van der Waals surface area contributed by atoms with Gasteiger partial charge in [-0.15, -0.1) is 10.2 Å². The van der Waals surface area contributed by atoms with Crippen molar-refractivity contribution in [2.75, 3.05) is 0 Å². The third-order valence-electron chi connectivity index (χ3n) is 2.58. The highest BCUT2D eigenvalue weighted by Crippen LogP contribution is 2.20. The van der Waals surface area contributed by atoms with E-state index in [2.05, 4.69) is 10.2 Å². The van der Waals surface area contributed by atoms with Gasteiger partial charge in [-0.1, -0.05) is 19.1 Å². The molecule has 18 heavy (non-hydrogen) atoms. The van der Waals surface area contributed by atoms with Crippen LogP contribution in [0.25, 0.3) is 0 Å². The molecule has 0 saturated heterocycles. The molecule has 0 fully saturated rings. The summed E-state index contributed by atoms with van der Waals surface area (Å²) in [6.07, 6.45) is 0.277. The summed E-state index contributed by atoms with van der Waals surface area (Å²) in [4.78, 5) is 0. The zero-order valence-corrected chi connectivity index (χ0v) is 10.5. The highest BCUT2D eigenvalue weighted by atomic mass is 16.5. The Bertz CT molecular complexity index is 493. The minimum atomic E-state index is -0.419. The first-order chi connectivity index (χ1) is 8.69. The van der Waals surface area contributed by atoms with E-state index in [1.807, 2.05) is 31.2 Å². The number of hydrogen-bond donors (Lipinski definition) is 1. The second-order valence-electron chi connectivity index (χ2n) is 4.00. The molecule has 0 unspecified atom stereocenters. The number of benzene rings is 1. The van der Waals surface area contributed by atoms with Crippen molar-refractivity contribution in [3.05, 3.63) is 41.6 Å². The maximum atomic E-state index is 9.66. The van der Waals surface area contributed by atoms with E-state index < -0.39 is 6.10 Å². The Morgan fingerprint density at radius 2 is 2.00 bits per heavy atom. The highest BCUT2D eigenvalue weighted by Gasteiger charge is 2.06. The Labute approximate surface area is 105 Å². The third-order valence-corrected chi connectivity index (χ3v) is 2.58. The largest absolute Gasteiger partial charge is 0.484 e. The molecule has 96 valence electrons. The summed E-state index contributed by atoms with van der Waals surface area (Å²) in [5.41, 5.74) is 0.887. The Balaban J connectivity index is 1.94. The maximum absolute atomic E-state index is 9.66. The average Bonchev–Trinajstić information content (AvgIpc) is 2.82. The molecule has 0 aliphatic rings. The van der Waals surface area contributed by atoms with Crippen LogP contribution in [0, 0.1) is 6.92 Å². The molecule has 0 aliphatic carbocycles. The first kappa shape index (κ1) is 12.6. The number of aliphatic hydroxyl groups is 1. The Kier molecular flexibility index (Phi) is 3.94. The van der Waals surface area contributed by atoms with E-state index in [9.17, 15) is 5.11 Å². The predicted molar refractivity (Wildman–Crippen MR) is 65.1 cm³/mol. The van der Waals surface area contributed by atoms with Crippen molar-refractivity contribution in [2.45, 2.75) is 33.0 Å². The summed E-state index contributed by atoms with van der Waals surface area (Å²) in [6.45, 7) is 3.92. The fraction of sp³-hybridized carbons (Fsp3) is 0.385. The van der Waals surface area contributed by atoms with Gasteiger partial charge in [-0.2, -0.15) is 0 Å². The Morgan fingerprint density at radius 3 is 2.56 bits per heavy atom. The van der Waals surface area contributed by atoms with Gasteiger partial charge in [-0.3, -0.25) is 0 Å². The van der Waals surface area contributed by atoms with Crippen LogP contribution >= 0.6 is 0 Å². The van der Waals surface area contributed by atoms with Crippen molar-refractivity contribution in [2.24, 2.45) is 0 Å². The van der Waals surface area contributed by atoms with Crippen molar-refractivity contribution in [1.82, 2.24) is 10.2 Å². The zero-order valence-electron chi connectivity index (χ0n) is 10.5. The molecule has 1 atom stereocenters. The highest BCUT2D eigenvalue weighted by molar-refractivity contribution is 5.28. The molecule has 2 aromatic rings. The molecule has 1 aromatic carbocycles. The summed E-state index contributed by atoms with van der Waals surface area (Å²) in [7, 11) is 0. The standard InChI is InChI=1S/C13H16N2O3/c1-3-12(16)10-4-6-11(7-5-10)17-8-13-15-14-9(2)18-13/h4-7,12,16H,3,8H2,1-2H3/t12-/m0/s1. The van der Waals surface area contributed by atoms with Gasteiger partial charge < -0.3 is 14.3 Å². The first-order valence-corrected chi connectivity index (χ1v) is 5.89. The van der Waals surface area contributed by atoms with Gasteiger partial charge in [0.25, 0.3) is 5.89 Å². The molecule has 0 spiro atoms. The lowest BCUT2D eigenvalue weighted by molar-refractivity contribution is 0.173. The van der Waals surface area contributed by atoms with Gasteiger partial charge in [0.05, 0.1) is 6.10 Å². The normalized spacial score (nSPS) is 12.4. The lowest BCUT2D eigenvalue weighted by Gasteiger charge is -2.09. The van der Waals surface area contributed by atoms with Crippen LogP contribution in [0.5, 0.6) is 5.75 Å². The van der Waals surface area contributed by atoms with Crippen LogP contribution in [0.3, 0.4) is 0 Å². The van der Waals surface area contributed by atoms with E-state index in [-0.39, 0.29) is 6.61 Å². The van der Waals surface area contributed by atoms with Crippen molar-refractivity contribution in [1.29, 1.82) is 0 Å². The second-order valence-corrected chi connectivity index (χ2v) is 4.00. The number of aliphatic hydroxyl groups excluding tert-OH is 1. The fourth-order valence-electron chi connectivity index (χ4n) is 1.56. The number of aromatic nitrogens is 2. The summed E-state index contributed by atoms with van der Waals surface area (Å²) in [5.74, 6) is 1.68. The predicted octanol–water partition coefficient (Wildman–Crippen LogP) is 2.40. The van der Waals surface area contributed by atoms with Gasteiger partial charge >= 0.3 is 0 Å². The molecule has 1 heterocycles. The molecule has 5 heteroatoms. The Hall–Kier alpha value is -1.88. The molecule has 0 bridgehead atoms. The van der Waals surface area contributed by atoms with Gasteiger partial charge in [-0.05, 0) is 24.1 Å². The van der Waals surface area contributed by atoms with E-state index in [1.54, 1.807) is 6.92 Å². The van der Waals surface area contributed by atoms with Gasteiger partial charge in [0, 0.05) is 6.92 Å². The van der Waals surface area contributed by atoms with Crippen molar-refractivity contribution in [3.63, 3.8) is 0 Å². The smallest absolute Gasteiger partial charge is 0.253 e. The molecule has 0 radical (unpaired) electrons. The van der Waals surface area contributed by atoms with Gasteiger partial charge in [-0.25, -0.2) is 0 Å². The first-order valence-electron chi connectivity index (χ1n) is 5.89. The van der Waals surface area contributed by atoms with Gasteiger partial charge in [0.2, 0.25) is 5.89 Å². The number of nitrogens with zero attached hydrogens (tertiary/aromatic N) is 2. The molecule has 2 rings (SSSR count). The third kappa shape index (κ3) is 3.07. The van der Waals surface area contributed by atoms with Crippen LogP contribution in [0.2, 0.25) is 0 Å². The minimum absolute atomic E-state index is 0.247. The van der Waals surface area contributed by atoms with Gasteiger partial charge in [0.15, 0.2) is 6.61 Å². The molecule has 0 amide bonds. The summed E-state index contributed by atoms with van der Waals surface area (Å²) in [5, 5.41) is 17.2. The maximum Gasteiger partial charge on any atom is 0.253 e. The van der Waals surface area contributed by atoms with Crippen LogP contribution < -0.4 is 4.74 Å². The molecular formula is C13H16N2O3. The second kappa shape index (κ2) is 5.64. The monoisotopic (exact) mass is 248 g/mol. The summed E-state index contributed by atoms with van der Waals surface area (Å²) in [6, 6.07) is 7.33. The average molecular weight is 248 g/mol. The molecule has 1 N–H and O–H groups in total.